The number of ether oxygens (including phenoxy) is 1. The average molecular weight is 293 g/mol. The van der Waals surface area contributed by atoms with Gasteiger partial charge in [0.1, 0.15) is 11.4 Å². The van der Waals surface area contributed by atoms with Crippen LogP contribution in [0.15, 0.2) is 6.07 Å². The van der Waals surface area contributed by atoms with Crippen LogP contribution in [-0.4, -0.2) is 23.5 Å². The minimum Gasteiger partial charge on any atom is -0.543 e. The molecule has 0 radical (unpaired) electrons. The molecule has 104 valence electrons. The van der Waals surface area contributed by atoms with Crippen LogP contribution in [0.2, 0.25) is 0 Å². The van der Waals surface area contributed by atoms with Crippen LogP contribution in [0.3, 0.4) is 0 Å². The maximum absolute atomic E-state index is 13.0. The molecule has 1 heterocycles. The van der Waals surface area contributed by atoms with Crippen molar-refractivity contribution >= 4 is 23.5 Å². The number of nitrogens with zero attached hydrogens (tertiary/aromatic N) is 1. The second-order valence-corrected chi connectivity index (χ2v) is 4.03. The Morgan fingerprint density at radius 2 is 2.11 bits per heavy atom. The third-order valence-corrected chi connectivity index (χ3v) is 2.35. The van der Waals surface area contributed by atoms with E-state index in [1.165, 1.54) is 13.8 Å². The monoisotopic (exact) mass is 292 g/mol. The number of halogens is 3. The van der Waals surface area contributed by atoms with Gasteiger partial charge in [-0.2, -0.15) is 8.78 Å². The maximum atomic E-state index is 13.0. The highest BCUT2D eigenvalue weighted by molar-refractivity contribution is 6.21. The van der Waals surface area contributed by atoms with E-state index in [1.54, 1.807) is 0 Å². The van der Waals surface area contributed by atoms with E-state index >= 15 is 0 Å². The summed E-state index contributed by atoms with van der Waals surface area (Å²) in [5.74, 6) is -2.85. The van der Waals surface area contributed by atoms with Gasteiger partial charge in [-0.3, -0.25) is 0 Å². The van der Waals surface area contributed by atoms with Gasteiger partial charge < -0.3 is 14.6 Å². The Morgan fingerprint density at radius 3 is 2.53 bits per heavy atom. The highest BCUT2D eigenvalue weighted by Gasteiger charge is 2.33. The molecule has 1 rings (SSSR count). The summed E-state index contributed by atoms with van der Waals surface area (Å²) in [4.78, 5) is 25.6. The standard InChI is InChI=1S/C11H10ClF2NO4/c1-3-19-10(18)6-4-5(2)8(11(12,13)14)15-7(6)9(16)17/h4H,3H2,1-2H3,(H,16,17)/p-1. The van der Waals surface area contributed by atoms with Gasteiger partial charge in [0.2, 0.25) is 0 Å². The number of carbonyl (C=O) groups excluding carboxylic acids is 2. The molecule has 0 spiro atoms. The van der Waals surface area contributed by atoms with Crippen LogP contribution in [0.1, 0.15) is 39.0 Å². The molecule has 0 atom stereocenters. The maximum Gasteiger partial charge on any atom is 0.365 e. The first-order valence-electron chi connectivity index (χ1n) is 5.15. The number of alkyl halides is 3. The van der Waals surface area contributed by atoms with Crippen LogP contribution in [0, 0.1) is 6.92 Å². The molecule has 0 bridgehead atoms. The summed E-state index contributed by atoms with van der Waals surface area (Å²) in [6.45, 7) is 2.73. The molecule has 8 heteroatoms. The van der Waals surface area contributed by atoms with E-state index < -0.39 is 34.3 Å². The van der Waals surface area contributed by atoms with E-state index in [4.69, 9.17) is 11.6 Å². The number of rotatable bonds is 4. The number of carboxylic acids is 1. The molecule has 0 aliphatic carbocycles. The van der Waals surface area contributed by atoms with Gasteiger partial charge in [-0.15, -0.1) is 0 Å². The molecule has 0 unspecified atom stereocenters. The van der Waals surface area contributed by atoms with Gasteiger partial charge in [0.25, 0.3) is 0 Å². The van der Waals surface area contributed by atoms with Crippen molar-refractivity contribution in [3.63, 3.8) is 0 Å². The number of aromatic nitrogens is 1. The first kappa shape index (κ1) is 15.3. The van der Waals surface area contributed by atoms with Crippen molar-refractivity contribution in [2.75, 3.05) is 6.61 Å². The van der Waals surface area contributed by atoms with Gasteiger partial charge >= 0.3 is 11.4 Å². The van der Waals surface area contributed by atoms with Crippen LogP contribution in [0.5, 0.6) is 0 Å². The van der Waals surface area contributed by atoms with Gasteiger partial charge in [0, 0.05) is 0 Å². The average Bonchev–Trinajstić information content (AvgIpc) is 2.26. The fourth-order valence-corrected chi connectivity index (χ4v) is 1.61. The number of pyridine rings is 1. The number of carbonyl (C=O) groups is 2. The summed E-state index contributed by atoms with van der Waals surface area (Å²) in [5.41, 5.74) is -2.46. The predicted molar refractivity (Wildman–Crippen MR) is 59.0 cm³/mol. The second kappa shape index (κ2) is 5.48. The first-order chi connectivity index (χ1) is 8.68. The molecule has 0 amide bonds. The molecule has 0 fully saturated rings. The van der Waals surface area contributed by atoms with Crippen molar-refractivity contribution < 1.29 is 28.2 Å². The molecular weight excluding hydrogens is 284 g/mol. The van der Waals surface area contributed by atoms with Crippen LogP contribution >= 0.6 is 11.6 Å². The number of hydrogen-bond donors (Lipinski definition) is 0. The predicted octanol–water partition coefficient (Wildman–Crippen LogP) is 1.22. The summed E-state index contributed by atoms with van der Waals surface area (Å²) < 4.78 is 30.6. The normalized spacial score (nSPS) is 11.2. The second-order valence-electron chi connectivity index (χ2n) is 3.56. The molecule has 0 saturated heterocycles. The zero-order valence-corrected chi connectivity index (χ0v) is 10.8. The van der Waals surface area contributed by atoms with Crippen molar-refractivity contribution in [1.82, 2.24) is 4.98 Å². The third-order valence-electron chi connectivity index (χ3n) is 2.17. The minimum atomic E-state index is -3.85. The van der Waals surface area contributed by atoms with Crippen LogP contribution in [0.4, 0.5) is 8.78 Å². The fraction of sp³-hybridized carbons (Fsp3) is 0.364. The van der Waals surface area contributed by atoms with Crippen LogP contribution in [0.25, 0.3) is 0 Å². The van der Waals surface area contributed by atoms with Gasteiger partial charge in [0.05, 0.1) is 18.1 Å². The molecule has 0 aromatic carbocycles. The van der Waals surface area contributed by atoms with E-state index in [9.17, 15) is 23.5 Å². The van der Waals surface area contributed by atoms with E-state index in [-0.39, 0.29) is 12.2 Å². The fourth-order valence-electron chi connectivity index (χ4n) is 1.42. The molecule has 0 aliphatic heterocycles. The molecule has 5 nitrogen and oxygen atoms in total. The number of hydrogen-bond acceptors (Lipinski definition) is 5. The number of esters is 1. The van der Waals surface area contributed by atoms with Crippen molar-refractivity contribution in [2.24, 2.45) is 0 Å². The zero-order valence-electron chi connectivity index (χ0n) is 10.00. The van der Waals surface area contributed by atoms with Crippen molar-refractivity contribution in [2.45, 2.75) is 19.2 Å². The Morgan fingerprint density at radius 1 is 1.53 bits per heavy atom. The SMILES string of the molecule is CCOC(=O)c1cc(C)c(C(F)(F)Cl)nc1C(=O)[O-]. The van der Waals surface area contributed by atoms with Gasteiger partial charge in [0.15, 0.2) is 0 Å². The molecule has 1 aromatic heterocycles. The Hall–Kier alpha value is -1.76. The van der Waals surface area contributed by atoms with E-state index in [1.807, 2.05) is 0 Å². The topological polar surface area (TPSA) is 79.3 Å². The van der Waals surface area contributed by atoms with Gasteiger partial charge in [-0.25, -0.2) is 9.78 Å². The molecule has 0 saturated carbocycles. The van der Waals surface area contributed by atoms with Crippen LogP contribution < -0.4 is 5.11 Å². The quantitative estimate of drug-likeness (QED) is 0.616. The number of carboxylic acid groups (broad SMARTS) is 1. The zero-order chi connectivity index (χ0) is 14.8. The van der Waals surface area contributed by atoms with Gasteiger partial charge in [-0.05, 0) is 37.1 Å². The highest BCUT2D eigenvalue weighted by Crippen LogP contribution is 2.33. The Bertz CT molecular complexity index is 528. The van der Waals surface area contributed by atoms with Crippen molar-refractivity contribution in [1.29, 1.82) is 0 Å². The van der Waals surface area contributed by atoms with Gasteiger partial charge in [-0.1, -0.05) is 0 Å². The lowest BCUT2D eigenvalue weighted by Crippen LogP contribution is -2.28. The highest BCUT2D eigenvalue weighted by atomic mass is 35.5. The lowest BCUT2D eigenvalue weighted by molar-refractivity contribution is -0.255. The van der Waals surface area contributed by atoms with E-state index in [2.05, 4.69) is 9.72 Å². The lowest BCUT2D eigenvalue weighted by Gasteiger charge is -2.15. The molecule has 1 aromatic rings. The Balaban J connectivity index is 3.46. The van der Waals surface area contributed by atoms with E-state index in [0.29, 0.717) is 0 Å². The molecule has 0 aliphatic rings. The number of aromatic carboxylic acids is 1. The summed E-state index contributed by atoms with van der Waals surface area (Å²) in [5, 5.41) is 7.01. The smallest absolute Gasteiger partial charge is 0.365 e. The summed E-state index contributed by atoms with van der Waals surface area (Å²) in [7, 11) is 0. The summed E-state index contributed by atoms with van der Waals surface area (Å²) in [6, 6.07) is 0.932. The Kier molecular flexibility index (Phi) is 4.41. The molecule has 19 heavy (non-hydrogen) atoms. The number of aryl methyl sites for hydroxylation is 1. The molecular formula is C11H9ClF2NO4-. The Labute approximate surface area is 112 Å². The summed E-state index contributed by atoms with van der Waals surface area (Å²) in [6.07, 6.45) is 0. The minimum absolute atomic E-state index is 0.00220. The van der Waals surface area contributed by atoms with E-state index in [0.717, 1.165) is 6.07 Å². The van der Waals surface area contributed by atoms with Crippen molar-refractivity contribution in [3.8, 4) is 0 Å². The summed E-state index contributed by atoms with van der Waals surface area (Å²) >= 11 is 4.81. The lowest BCUT2D eigenvalue weighted by atomic mass is 10.1. The van der Waals surface area contributed by atoms with Crippen molar-refractivity contribution in [3.05, 3.63) is 28.6 Å². The van der Waals surface area contributed by atoms with Crippen LogP contribution in [-0.2, 0) is 10.1 Å². The molecule has 0 N–H and O–H groups in total. The largest absolute Gasteiger partial charge is 0.543 e. The third kappa shape index (κ3) is 3.37. The first-order valence-corrected chi connectivity index (χ1v) is 5.53.